The van der Waals surface area contributed by atoms with Crippen LogP contribution in [-0.4, -0.2) is 55.8 Å². The molecule has 5 heteroatoms. The summed E-state index contributed by atoms with van der Waals surface area (Å²) in [6.07, 6.45) is 4.50. The number of anilines is 1. The summed E-state index contributed by atoms with van der Waals surface area (Å²) in [7, 11) is 3.96. The number of methoxy groups -OCH3 is 1. The lowest BCUT2D eigenvalue weighted by atomic mass is 9.65. The molecule has 5 heterocycles. The molecule has 5 nitrogen and oxygen atoms in total. The van der Waals surface area contributed by atoms with Crippen LogP contribution in [0.3, 0.4) is 0 Å². The highest BCUT2D eigenvalue weighted by atomic mass is 16.5. The molecular weight excluding hydrogens is 352 g/mol. The summed E-state index contributed by atoms with van der Waals surface area (Å²) in [5.41, 5.74) is 4.02. The van der Waals surface area contributed by atoms with Crippen molar-refractivity contribution in [1.82, 2.24) is 4.90 Å². The van der Waals surface area contributed by atoms with E-state index in [9.17, 15) is 4.79 Å². The van der Waals surface area contributed by atoms with Crippen molar-refractivity contribution < 1.29 is 14.3 Å². The molecule has 0 N–H and O–H groups in total. The van der Waals surface area contributed by atoms with Crippen LogP contribution in [0.4, 0.5) is 5.69 Å². The lowest BCUT2D eigenvalue weighted by molar-refractivity contribution is -0.152. The van der Waals surface area contributed by atoms with E-state index in [1.165, 1.54) is 17.7 Å². The van der Waals surface area contributed by atoms with Crippen molar-refractivity contribution in [3.63, 3.8) is 0 Å². The Morgan fingerprint density at radius 3 is 2.86 bits per heavy atom. The fourth-order valence-corrected chi connectivity index (χ4v) is 7.83. The van der Waals surface area contributed by atoms with Crippen molar-refractivity contribution in [2.75, 3.05) is 25.6 Å². The normalized spacial score (nSPS) is 45.4. The molecule has 6 aliphatic rings. The Hall–Kier alpha value is -2.01. The fraction of sp³-hybridized carbons (Fsp3) is 0.609. The van der Waals surface area contributed by atoms with Crippen LogP contribution in [0.15, 0.2) is 29.8 Å². The summed E-state index contributed by atoms with van der Waals surface area (Å²) < 4.78 is 11.8. The Kier molecular flexibility index (Phi) is 3.21. The molecule has 0 amide bonds. The highest BCUT2D eigenvalue weighted by Gasteiger charge is 2.75. The van der Waals surface area contributed by atoms with Gasteiger partial charge in [-0.1, -0.05) is 11.6 Å². The van der Waals surface area contributed by atoms with Crippen LogP contribution < -0.4 is 9.64 Å². The average Bonchev–Trinajstić information content (AvgIpc) is 3.10. The van der Waals surface area contributed by atoms with E-state index in [0.717, 1.165) is 18.7 Å². The molecule has 148 valence electrons. The summed E-state index contributed by atoms with van der Waals surface area (Å²) >= 11 is 0. The first-order valence-corrected chi connectivity index (χ1v) is 10.5. The molecule has 1 aromatic carbocycles. The minimum atomic E-state index is -0.152. The number of carbonyl (C=O) groups is 1. The Labute approximate surface area is 166 Å². The Balaban J connectivity index is 1.60. The summed E-state index contributed by atoms with van der Waals surface area (Å²) in [5, 5.41) is 0. The van der Waals surface area contributed by atoms with Crippen molar-refractivity contribution in [3.8, 4) is 5.75 Å². The number of likely N-dealkylation sites (N-methyl/N-ethyl adjacent to an activating group) is 1. The molecule has 1 aliphatic carbocycles. The Bertz CT molecular complexity index is 911. The SMILES string of the molecule is C/C=C1/CN2[C@H]3C[C@@]45c6cc(OC)ccc6N(C)[C@@H]4[C@@H]2C[C@@H]1[C@@H]3[C@@H]5OC(C)=O. The predicted molar refractivity (Wildman–Crippen MR) is 107 cm³/mol. The number of carbonyl (C=O) groups excluding carboxylic acids is 1. The number of hydrogen-bond acceptors (Lipinski definition) is 5. The molecule has 8 atom stereocenters. The number of esters is 1. The van der Waals surface area contributed by atoms with E-state index in [4.69, 9.17) is 9.47 Å². The molecule has 5 aliphatic heterocycles. The largest absolute Gasteiger partial charge is 0.497 e. The first-order chi connectivity index (χ1) is 13.5. The second-order valence-electron chi connectivity index (χ2n) is 9.30. The third-order valence-electron chi connectivity index (χ3n) is 8.56. The second kappa shape index (κ2) is 5.32. The minimum Gasteiger partial charge on any atom is -0.497 e. The van der Waals surface area contributed by atoms with E-state index in [0.29, 0.717) is 30.0 Å². The third kappa shape index (κ3) is 1.71. The zero-order valence-electron chi connectivity index (χ0n) is 17.0. The van der Waals surface area contributed by atoms with E-state index in [1.54, 1.807) is 19.6 Å². The van der Waals surface area contributed by atoms with Gasteiger partial charge in [-0.25, -0.2) is 0 Å². The van der Waals surface area contributed by atoms with E-state index < -0.39 is 0 Å². The lowest BCUT2D eigenvalue weighted by Gasteiger charge is -2.58. The van der Waals surface area contributed by atoms with E-state index in [-0.39, 0.29) is 17.5 Å². The third-order valence-corrected chi connectivity index (χ3v) is 8.56. The maximum absolute atomic E-state index is 12.2. The molecule has 0 radical (unpaired) electrons. The van der Waals surface area contributed by atoms with Gasteiger partial charge >= 0.3 is 5.97 Å². The molecule has 0 aromatic heterocycles. The molecule has 4 saturated heterocycles. The van der Waals surface area contributed by atoms with Gasteiger partial charge in [0.15, 0.2) is 0 Å². The number of nitrogens with zero attached hydrogens (tertiary/aromatic N) is 2. The van der Waals surface area contributed by atoms with Crippen LogP contribution in [0.1, 0.15) is 32.3 Å². The number of rotatable bonds is 2. The van der Waals surface area contributed by atoms with Crippen LogP contribution >= 0.6 is 0 Å². The standard InChI is InChI=1S/C23H28N2O3/c1-5-13-11-25-18-9-15(13)20-19(25)10-23(22(20)28-12(2)26)16-8-14(27-4)6-7-17(16)24(3)21(18)23/h5-8,15,18-22H,9-11H2,1-4H3/b13-5-/t15-,18-,19-,20-,21+,22-,23+/m0/s1. The zero-order valence-corrected chi connectivity index (χ0v) is 17.0. The summed E-state index contributed by atoms with van der Waals surface area (Å²) in [6.45, 7) is 4.82. The van der Waals surface area contributed by atoms with Crippen LogP contribution in [0.5, 0.6) is 5.75 Å². The Morgan fingerprint density at radius 1 is 1.32 bits per heavy atom. The molecule has 1 spiro atoms. The smallest absolute Gasteiger partial charge is 0.302 e. The van der Waals surface area contributed by atoms with Gasteiger partial charge in [0, 0.05) is 44.2 Å². The first kappa shape index (κ1) is 16.9. The van der Waals surface area contributed by atoms with Crippen molar-refractivity contribution in [2.45, 2.75) is 56.3 Å². The van der Waals surface area contributed by atoms with Crippen molar-refractivity contribution >= 4 is 11.7 Å². The van der Waals surface area contributed by atoms with Crippen LogP contribution in [0.25, 0.3) is 0 Å². The molecule has 5 bridgehead atoms. The van der Waals surface area contributed by atoms with Gasteiger partial charge in [0.2, 0.25) is 0 Å². The summed E-state index contributed by atoms with van der Waals surface area (Å²) in [4.78, 5) is 17.5. The number of piperidine rings is 4. The fourth-order valence-electron chi connectivity index (χ4n) is 7.83. The van der Waals surface area contributed by atoms with Gasteiger partial charge in [0.05, 0.1) is 18.6 Å². The molecule has 1 saturated carbocycles. The topological polar surface area (TPSA) is 42.0 Å². The van der Waals surface area contributed by atoms with Crippen LogP contribution in [0.2, 0.25) is 0 Å². The maximum atomic E-state index is 12.2. The van der Waals surface area contributed by atoms with E-state index in [2.05, 4.69) is 48.0 Å². The number of hydrogen-bond donors (Lipinski definition) is 0. The minimum absolute atomic E-state index is 0.0638. The van der Waals surface area contributed by atoms with Crippen molar-refractivity contribution in [1.29, 1.82) is 0 Å². The molecule has 28 heavy (non-hydrogen) atoms. The molecular formula is C23H28N2O3. The van der Waals surface area contributed by atoms with Gasteiger partial charge in [-0.2, -0.15) is 0 Å². The molecule has 1 aromatic rings. The summed E-state index contributed by atoms with van der Waals surface area (Å²) in [6, 6.07) is 7.84. The van der Waals surface area contributed by atoms with E-state index in [1.807, 2.05) is 0 Å². The highest BCUT2D eigenvalue weighted by Crippen LogP contribution is 2.68. The van der Waals surface area contributed by atoms with Crippen LogP contribution in [0, 0.1) is 11.8 Å². The van der Waals surface area contributed by atoms with Gasteiger partial charge in [0.1, 0.15) is 11.9 Å². The molecule has 5 fully saturated rings. The van der Waals surface area contributed by atoms with Gasteiger partial charge in [-0.3, -0.25) is 9.69 Å². The molecule has 7 rings (SSSR count). The number of fused-ring (bicyclic) bond motifs is 2. The highest BCUT2D eigenvalue weighted by molar-refractivity contribution is 5.71. The monoisotopic (exact) mass is 380 g/mol. The second-order valence-corrected chi connectivity index (χ2v) is 9.30. The Morgan fingerprint density at radius 2 is 2.14 bits per heavy atom. The van der Waals surface area contributed by atoms with E-state index >= 15 is 0 Å². The number of allylic oxidation sites excluding steroid dienone is 1. The van der Waals surface area contributed by atoms with Gasteiger partial charge in [-0.05, 0) is 49.4 Å². The quantitative estimate of drug-likeness (QED) is 0.583. The summed E-state index contributed by atoms with van der Waals surface area (Å²) in [5.74, 6) is 1.68. The van der Waals surface area contributed by atoms with Gasteiger partial charge < -0.3 is 14.4 Å². The average molecular weight is 380 g/mol. The lowest BCUT2D eigenvalue weighted by Crippen LogP contribution is -2.68. The van der Waals surface area contributed by atoms with Crippen molar-refractivity contribution in [3.05, 3.63) is 35.4 Å². The number of benzene rings is 1. The predicted octanol–water partition coefficient (Wildman–Crippen LogP) is 2.74. The zero-order chi connectivity index (χ0) is 19.4. The van der Waals surface area contributed by atoms with Crippen molar-refractivity contribution in [2.24, 2.45) is 11.8 Å². The molecule has 1 unspecified atom stereocenters. The van der Waals surface area contributed by atoms with Gasteiger partial charge in [-0.15, -0.1) is 0 Å². The first-order valence-electron chi connectivity index (χ1n) is 10.5. The maximum Gasteiger partial charge on any atom is 0.302 e. The van der Waals surface area contributed by atoms with Crippen LogP contribution in [-0.2, 0) is 14.9 Å². The number of ether oxygens (including phenoxy) is 2. The van der Waals surface area contributed by atoms with Gasteiger partial charge in [0.25, 0.3) is 0 Å².